The number of likely N-dealkylation sites (N-methyl/N-ethyl adjacent to an activating group) is 1. The molecular formula is C69H126N2O7P+. The summed E-state index contributed by atoms with van der Waals surface area (Å²) in [6.45, 7) is 6.95. The minimum absolute atomic E-state index is 0.0346. The number of esters is 1. The van der Waals surface area contributed by atoms with Gasteiger partial charge in [-0.2, -0.15) is 0 Å². The highest BCUT2D eigenvalue weighted by molar-refractivity contribution is 7.47. The minimum atomic E-state index is -4.46. The highest BCUT2D eigenvalue weighted by Crippen LogP contribution is 2.43. The van der Waals surface area contributed by atoms with E-state index in [1.54, 1.807) is 0 Å². The topological polar surface area (TPSA) is 111 Å². The monoisotopic (exact) mass is 1130 g/mol. The SMILES string of the molecule is CCCCC/C=C\C/C=C\C/C=C\C/C=C\CCCCCCCCCCCC(=O)OC(/C=C\CCCCCCCCCCC)C(COP(=O)(O)OCC[N+](C)(C)C)NC(=O)CCCCCCCCC/C=C\C/C=C\CCCCC. The van der Waals surface area contributed by atoms with Crippen LogP contribution >= 0.6 is 7.82 Å². The van der Waals surface area contributed by atoms with Gasteiger partial charge in [-0.25, -0.2) is 4.57 Å². The maximum absolute atomic E-state index is 13.6. The van der Waals surface area contributed by atoms with Gasteiger partial charge in [-0.15, -0.1) is 0 Å². The molecule has 0 heterocycles. The van der Waals surface area contributed by atoms with Crippen molar-refractivity contribution in [3.63, 3.8) is 0 Å². The normalized spacial score (nSPS) is 14.2. The third-order valence-corrected chi connectivity index (χ3v) is 15.3. The second-order valence-electron chi connectivity index (χ2n) is 23.3. The van der Waals surface area contributed by atoms with E-state index < -0.39 is 20.0 Å². The van der Waals surface area contributed by atoms with E-state index in [4.69, 9.17) is 13.8 Å². The molecule has 1 amide bonds. The Morgan fingerprint density at radius 2 is 0.772 bits per heavy atom. The van der Waals surface area contributed by atoms with Crippen molar-refractivity contribution in [2.75, 3.05) is 40.9 Å². The fourth-order valence-corrected chi connectivity index (χ4v) is 9.93. The Morgan fingerprint density at radius 3 is 1.18 bits per heavy atom. The van der Waals surface area contributed by atoms with Crippen molar-refractivity contribution in [3.8, 4) is 0 Å². The molecule has 79 heavy (non-hydrogen) atoms. The Morgan fingerprint density at radius 1 is 0.443 bits per heavy atom. The van der Waals surface area contributed by atoms with Crippen LogP contribution in [0.25, 0.3) is 0 Å². The summed E-state index contributed by atoms with van der Waals surface area (Å²) in [5.74, 6) is -0.520. The van der Waals surface area contributed by atoms with E-state index in [2.05, 4.69) is 99.0 Å². The summed E-state index contributed by atoms with van der Waals surface area (Å²) < 4.78 is 30.7. The number of nitrogens with zero attached hydrogens (tertiary/aromatic N) is 1. The maximum atomic E-state index is 13.6. The molecule has 0 aromatic rings. The van der Waals surface area contributed by atoms with E-state index >= 15 is 0 Å². The van der Waals surface area contributed by atoms with E-state index in [0.717, 1.165) is 109 Å². The predicted molar refractivity (Wildman–Crippen MR) is 341 cm³/mol. The maximum Gasteiger partial charge on any atom is 0.472 e. The van der Waals surface area contributed by atoms with Gasteiger partial charge in [0, 0.05) is 12.8 Å². The number of hydrogen-bond donors (Lipinski definition) is 2. The molecule has 0 radical (unpaired) electrons. The van der Waals surface area contributed by atoms with Crippen LogP contribution in [-0.2, 0) is 27.9 Å². The van der Waals surface area contributed by atoms with Crippen molar-refractivity contribution < 1.29 is 37.3 Å². The van der Waals surface area contributed by atoms with Crippen molar-refractivity contribution in [2.45, 2.75) is 303 Å². The van der Waals surface area contributed by atoms with Gasteiger partial charge >= 0.3 is 13.8 Å². The molecule has 0 rings (SSSR count). The number of phosphoric ester groups is 1. The number of phosphoric acid groups is 1. The van der Waals surface area contributed by atoms with Gasteiger partial charge in [0.1, 0.15) is 19.3 Å². The first-order valence-electron chi connectivity index (χ1n) is 32.9. The van der Waals surface area contributed by atoms with Crippen molar-refractivity contribution in [1.29, 1.82) is 0 Å². The number of unbranched alkanes of at least 4 members (excludes halogenated alkanes) is 31. The van der Waals surface area contributed by atoms with Crippen LogP contribution in [0.5, 0.6) is 0 Å². The van der Waals surface area contributed by atoms with Crippen LogP contribution < -0.4 is 5.32 Å². The number of carbonyl (C=O) groups excluding carboxylic acids is 2. The summed E-state index contributed by atoms with van der Waals surface area (Å²) in [5.41, 5.74) is 0. The highest BCUT2D eigenvalue weighted by atomic mass is 31.2. The molecule has 0 aliphatic heterocycles. The average Bonchev–Trinajstić information content (AvgIpc) is 3.41. The van der Waals surface area contributed by atoms with Gasteiger partial charge in [0.25, 0.3) is 0 Å². The van der Waals surface area contributed by atoms with Gasteiger partial charge in [-0.1, -0.05) is 254 Å². The molecule has 0 aliphatic carbocycles. The summed E-state index contributed by atoms with van der Waals surface area (Å²) in [5, 5.41) is 3.05. The fraction of sp³-hybridized carbons (Fsp3) is 0.768. The van der Waals surface area contributed by atoms with Crippen molar-refractivity contribution in [1.82, 2.24) is 5.32 Å². The third kappa shape index (κ3) is 59.6. The van der Waals surface area contributed by atoms with Gasteiger partial charge in [-0.3, -0.25) is 18.6 Å². The molecule has 0 bridgehead atoms. The number of nitrogens with one attached hydrogen (secondary N) is 1. The second-order valence-corrected chi connectivity index (χ2v) is 24.7. The summed E-state index contributed by atoms with van der Waals surface area (Å²) in [6, 6.07) is -0.859. The molecule has 9 nitrogen and oxygen atoms in total. The third-order valence-electron chi connectivity index (χ3n) is 14.3. The first kappa shape index (κ1) is 76.2. The Bertz CT molecular complexity index is 1630. The van der Waals surface area contributed by atoms with Gasteiger partial charge < -0.3 is 19.4 Å². The summed E-state index contributed by atoms with van der Waals surface area (Å²) in [6.07, 6.45) is 77.2. The molecule has 2 N–H and O–H groups in total. The van der Waals surface area contributed by atoms with Gasteiger partial charge in [-0.05, 0) is 109 Å². The molecule has 10 heteroatoms. The van der Waals surface area contributed by atoms with Crippen molar-refractivity contribution in [2.24, 2.45) is 0 Å². The molecule has 458 valence electrons. The number of hydrogen-bond acceptors (Lipinski definition) is 6. The Balaban J connectivity index is 5.13. The first-order valence-corrected chi connectivity index (χ1v) is 34.4. The summed E-state index contributed by atoms with van der Waals surface area (Å²) in [7, 11) is 1.48. The molecule has 3 atom stereocenters. The number of rotatable bonds is 59. The molecule has 0 aromatic heterocycles. The average molecular weight is 1130 g/mol. The molecule has 0 saturated heterocycles. The van der Waals surface area contributed by atoms with Gasteiger partial charge in [0.05, 0.1) is 33.8 Å². The zero-order chi connectivity index (χ0) is 57.9. The van der Waals surface area contributed by atoms with E-state index in [-0.39, 0.29) is 31.5 Å². The molecular weight excluding hydrogens is 1000 g/mol. The fourth-order valence-electron chi connectivity index (χ4n) is 9.19. The molecule has 0 aliphatic rings. The summed E-state index contributed by atoms with van der Waals surface area (Å²) >= 11 is 0. The van der Waals surface area contributed by atoms with Crippen molar-refractivity contribution >= 4 is 19.7 Å². The number of allylic oxidation sites excluding steroid dienone is 13. The molecule has 0 saturated carbocycles. The lowest BCUT2D eigenvalue weighted by Gasteiger charge is -2.27. The van der Waals surface area contributed by atoms with E-state index in [0.29, 0.717) is 17.4 Å². The van der Waals surface area contributed by atoms with Gasteiger partial charge in [0.15, 0.2) is 0 Å². The lowest BCUT2D eigenvalue weighted by molar-refractivity contribution is -0.870. The van der Waals surface area contributed by atoms with Crippen LogP contribution in [0.15, 0.2) is 85.1 Å². The number of ether oxygens (including phenoxy) is 1. The Hall–Kier alpha value is -2.81. The van der Waals surface area contributed by atoms with Crippen LogP contribution in [0.2, 0.25) is 0 Å². The molecule has 0 fully saturated rings. The van der Waals surface area contributed by atoms with Crippen LogP contribution in [0.1, 0.15) is 290 Å². The van der Waals surface area contributed by atoms with E-state index in [1.165, 1.54) is 148 Å². The number of amides is 1. The van der Waals surface area contributed by atoms with Crippen molar-refractivity contribution in [3.05, 3.63) is 85.1 Å². The number of quaternary nitrogens is 1. The highest BCUT2D eigenvalue weighted by Gasteiger charge is 2.30. The lowest BCUT2D eigenvalue weighted by Crippen LogP contribution is -2.47. The quantitative estimate of drug-likeness (QED) is 0.0205. The smallest absolute Gasteiger partial charge is 0.456 e. The van der Waals surface area contributed by atoms with E-state index in [9.17, 15) is 19.0 Å². The zero-order valence-corrected chi connectivity index (χ0v) is 53.2. The van der Waals surface area contributed by atoms with E-state index in [1.807, 2.05) is 33.3 Å². The standard InChI is InChI=1S/C69H125N2O7P/c1-7-10-13-16-19-22-25-27-29-31-32-33-34-35-36-37-38-40-42-44-47-50-53-56-59-62-69(73)78-67(60-57-54-51-48-45-24-21-18-15-12-9-3)66(65-77-79(74,75)76-64-63-71(4,5)6)70-68(72)61-58-55-52-49-46-43-41-39-30-28-26-23-20-17-14-11-8-2/h19-20,22-23,27-30,32-33,35-36,57,60,66-67H,7-18,21,24-26,31,34,37-56,58-59,61-65H2,1-6H3,(H-,70,72,74,75)/p+1/b22-19-,23-20-,29-27-,30-28-,33-32-,36-35-,60-57-. The summed E-state index contributed by atoms with van der Waals surface area (Å²) in [4.78, 5) is 37.8. The molecule has 0 spiro atoms. The zero-order valence-electron chi connectivity index (χ0n) is 52.3. The largest absolute Gasteiger partial charge is 0.472 e. The second kappa shape index (κ2) is 58.4. The molecule has 3 unspecified atom stereocenters. The Kier molecular flexibility index (Phi) is 56.3. The van der Waals surface area contributed by atoms with Gasteiger partial charge in [0.2, 0.25) is 5.91 Å². The Labute approximate surface area is 488 Å². The predicted octanol–water partition coefficient (Wildman–Crippen LogP) is 20.6. The van der Waals surface area contributed by atoms with Crippen LogP contribution in [0.4, 0.5) is 0 Å². The van der Waals surface area contributed by atoms with Crippen LogP contribution in [-0.4, -0.2) is 74.3 Å². The minimum Gasteiger partial charge on any atom is -0.456 e. The number of carbonyl (C=O) groups is 2. The van der Waals surface area contributed by atoms with Crippen LogP contribution in [0.3, 0.4) is 0 Å². The van der Waals surface area contributed by atoms with Crippen LogP contribution in [0, 0.1) is 0 Å². The first-order chi connectivity index (χ1) is 38.4. The lowest BCUT2D eigenvalue weighted by atomic mass is 10.0. The molecule has 0 aromatic carbocycles.